The standard InChI is InChI=1S/C17H22IN5/c1-11-15-16(19-8-5-9-22(2)3)13-10-12(18)6-7-14(13)20-17(15)23(4)21-11/h6-7,10H,5,8-9H2,1-4H3,(H,19,20). The first-order valence-corrected chi connectivity index (χ1v) is 8.86. The van der Waals surface area contributed by atoms with Crippen LogP contribution in [0.1, 0.15) is 12.1 Å². The maximum absolute atomic E-state index is 4.81. The summed E-state index contributed by atoms with van der Waals surface area (Å²) in [4.78, 5) is 7.01. The van der Waals surface area contributed by atoms with Crippen molar-refractivity contribution in [3.05, 3.63) is 27.5 Å². The number of hydrogen-bond donors (Lipinski definition) is 1. The molecule has 0 saturated carbocycles. The van der Waals surface area contributed by atoms with Crippen molar-refractivity contribution in [2.45, 2.75) is 13.3 Å². The summed E-state index contributed by atoms with van der Waals surface area (Å²) >= 11 is 2.35. The average molecular weight is 423 g/mol. The zero-order chi connectivity index (χ0) is 16.6. The molecule has 0 aliphatic carbocycles. The maximum atomic E-state index is 4.81. The summed E-state index contributed by atoms with van der Waals surface area (Å²) in [6.45, 7) is 4.06. The van der Waals surface area contributed by atoms with Gasteiger partial charge < -0.3 is 10.2 Å². The van der Waals surface area contributed by atoms with Crippen LogP contribution in [0, 0.1) is 10.5 Å². The van der Waals surface area contributed by atoms with Crippen molar-refractivity contribution in [2.75, 3.05) is 32.5 Å². The first kappa shape index (κ1) is 16.4. The number of halogens is 1. The van der Waals surface area contributed by atoms with E-state index in [2.05, 4.69) is 77.1 Å². The van der Waals surface area contributed by atoms with Crippen LogP contribution in [0.25, 0.3) is 21.9 Å². The Kier molecular flexibility index (Phi) is 4.72. The fourth-order valence-corrected chi connectivity index (χ4v) is 3.41. The lowest BCUT2D eigenvalue weighted by Crippen LogP contribution is -2.16. The fourth-order valence-electron chi connectivity index (χ4n) is 2.91. The number of nitrogens with zero attached hydrogens (tertiary/aromatic N) is 4. The van der Waals surface area contributed by atoms with Crippen LogP contribution in [-0.4, -0.2) is 46.8 Å². The van der Waals surface area contributed by atoms with E-state index in [0.717, 1.165) is 47.4 Å². The molecule has 6 heteroatoms. The molecule has 0 radical (unpaired) electrons. The molecule has 0 spiro atoms. The zero-order valence-electron chi connectivity index (χ0n) is 14.0. The predicted molar refractivity (Wildman–Crippen MR) is 105 cm³/mol. The number of benzene rings is 1. The number of rotatable bonds is 5. The topological polar surface area (TPSA) is 46.0 Å². The first-order valence-electron chi connectivity index (χ1n) is 7.78. The molecular weight excluding hydrogens is 401 g/mol. The van der Waals surface area contributed by atoms with Crippen molar-refractivity contribution in [2.24, 2.45) is 7.05 Å². The summed E-state index contributed by atoms with van der Waals surface area (Å²) in [7, 11) is 6.16. The fraction of sp³-hybridized carbons (Fsp3) is 0.412. The highest BCUT2D eigenvalue weighted by atomic mass is 127. The number of anilines is 1. The summed E-state index contributed by atoms with van der Waals surface area (Å²) < 4.78 is 3.08. The average Bonchev–Trinajstić information content (AvgIpc) is 2.77. The van der Waals surface area contributed by atoms with Crippen molar-refractivity contribution in [1.82, 2.24) is 19.7 Å². The van der Waals surface area contributed by atoms with E-state index >= 15 is 0 Å². The van der Waals surface area contributed by atoms with E-state index in [-0.39, 0.29) is 0 Å². The molecule has 0 unspecified atom stereocenters. The van der Waals surface area contributed by atoms with Gasteiger partial charge in [0.05, 0.1) is 22.3 Å². The van der Waals surface area contributed by atoms with Crippen LogP contribution in [0.2, 0.25) is 0 Å². The molecule has 5 nitrogen and oxygen atoms in total. The minimum atomic E-state index is 0.936. The van der Waals surface area contributed by atoms with Crippen LogP contribution >= 0.6 is 22.6 Å². The molecule has 3 aromatic rings. The van der Waals surface area contributed by atoms with Gasteiger partial charge in [0.1, 0.15) is 0 Å². The molecule has 1 N–H and O–H groups in total. The Morgan fingerprint density at radius 2 is 2.09 bits per heavy atom. The number of nitrogens with one attached hydrogen (secondary N) is 1. The second-order valence-corrected chi connectivity index (χ2v) is 7.39. The van der Waals surface area contributed by atoms with Crippen LogP contribution in [0.4, 0.5) is 5.69 Å². The van der Waals surface area contributed by atoms with Crippen molar-refractivity contribution >= 4 is 50.2 Å². The second-order valence-electron chi connectivity index (χ2n) is 6.14. The van der Waals surface area contributed by atoms with Crippen molar-refractivity contribution in [3.63, 3.8) is 0 Å². The van der Waals surface area contributed by atoms with E-state index in [1.54, 1.807) is 0 Å². The van der Waals surface area contributed by atoms with E-state index in [4.69, 9.17) is 4.98 Å². The van der Waals surface area contributed by atoms with Gasteiger partial charge in [-0.05, 0) is 74.8 Å². The van der Waals surface area contributed by atoms with Crippen molar-refractivity contribution in [1.29, 1.82) is 0 Å². The lowest BCUT2D eigenvalue weighted by molar-refractivity contribution is 0.405. The molecule has 2 aromatic heterocycles. The quantitative estimate of drug-likeness (QED) is 0.505. The molecule has 0 aliphatic heterocycles. The normalized spacial score (nSPS) is 11.7. The lowest BCUT2D eigenvalue weighted by atomic mass is 10.1. The van der Waals surface area contributed by atoms with Gasteiger partial charge in [0.2, 0.25) is 0 Å². The van der Waals surface area contributed by atoms with E-state index < -0.39 is 0 Å². The summed E-state index contributed by atoms with van der Waals surface area (Å²) in [6.07, 6.45) is 1.10. The molecule has 0 saturated heterocycles. The summed E-state index contributed by atoms with van der Waals surface area (Å²) in [6, 6.07) is 6.38. The van der Waals surface area contributed by atoms with E-state index in [1.165, 1.54) is 8.96 Å². The van der Waals surface area contributed by atoms with E-state index in [1.807, 2.05) is 11.7 Å². The van der Waals surface area contributed by atoms with Crippen LogP contribution in [-0.2, 0) is 7.05 Å². The minimum absolute atomic E-state index is 0.936. The van der Waals surface area contributed by atoms with Gasteiger partial charge in [0.15, 0.2) is 5.65 Å². The van der Waals surface area contributed by atoms with Crippen LogP contribution in [0.3, 0.4) is 0 Å². The molecule has 122 valence electrons. The van der Waals surface area contributed by atoms with Crippen LogP contribution in [0.15, 0.2) is 18.2 Å². The first-order chi connectivity index (χ1) is 11.0. The van der Waals surface area contributed by atoms with E-state index in [0.29, 0.717) is 0 Å². The SMILES string of the molecule is Cc1nn(C)c2nc3ccc(I)cc3c(NCCCN(C)C)c12. The maximum Gasteiger partial charge on any atom is 0.160 e. The number of hydrogen-bond acceptors (Lipinski definition) is 4. The highest BCUT2D eigenvalue weighted by Crippen LogP contribution is 2.33. The molecule has 1 aromatic carbocycles. The third-order valence-corrected chi connectivity index (χ3v) is 4.65. The Labute approximate surface area is 150 Å². The Morgan fingerprint density at radius 1 is 1.30 bits per heavy atom. The number of pyridine rings is 1. The Bertz CT molecular complexity index is 853. The van der Waals surface area contributed by atoms with Gasteiger partial charge in [-0.2, -0.15) is 5.10 Å². The molecule has 0 amide bonds. The summed E-state index contributed by atoms with van der Waals surface area (Å²) in [5, 5.41) is 10.5. The van der Waals surface area contributed by atoms with Gasteiger partial charge in [-0.1, -0.05) is 0 Å². The molecule has 3 rings (SSSR count). The van der Waals surface area contributed by atoms with Gasteiger partial charge in [0.25, 0.3) is 0 Å². The summed E-state index contributed by atoms with van der Waals surface area (Å²) in [5.74, 6) is 0. The third kappa shape index (κ3) is 3.28. The van der Waals surface area contributed by atoms with Gasteiger partial charge in [0, 0.05) is 22.5 Å². The highest BCUT2D eigenvalue weighted by Gasteiger charge is 2.15. The van der Waals surface area contributed by atoms with Gasteiger partial charge in [-0.15, -0.1) is 0 Å². The molecule has 2 heterocycles. The second kappa shape index (κ2) is 6.60. The van der Waals surface area contributed by atoms with Gasteiger partial charge in [-0.3, -0.25) is 4.68 Å². The number of fused-ring (bicyclic) bond motifs is 2. The van der Waals surface area contributed by atoms with Gasteiger partial charge in [-0.25, -0.2) is 4.98 Å². The van der Waals surface area contributed by atoms with Crippen LogP contribution < -0.4 is 5.32 Å². The molecule has 0 aliphatic rings. The molecule has 0 atom stereocenters. The third-order valence-electron chi connectivity index (χ3n) is 3.98. The smallest absolute Gasteiger partial charge is 0.160 e. The number of aryl methyl sites for hydroxylation is 2. The molecule has 0 bridgehead atoms. The molecular formula is C17H22IN5. The Hall–Kier alpha value is -1.41. The highest BCUT2D eigenvalue weighted by molar-refractivity contribution is 14.1. The molecule has 23 heavy (non-hydrogen) atoms. The van der Waals surface area contributed by atoms with Gasteiger partial charge >= 0.3 is 0 Å². The monoisotopic (exact) mass is 423 g/mol. The number of aromatic nitrogens is 3. The van der Waals surface area contributed by atoms with Crippen LogP contribution in [0.5, 0.6) is 0 Å². The largest absolute Gasteiger partial charge is 0.384 e. The zero-order valence-corrected chi connectivity index (χ0v) is 16.2. The minimum Gasteiger partial charge on any atom is -0.384 e. The Balaban J connectivity index is 2.10. The van der Waals surface area contributed by atoms with Crippen molar-refractivity contribution in [3.8, 4) is 0 Å². The molecule has 0 fully saturated rings. The van der Waals surface area contributed by atoms with Crippen molar-refractivity contribution < 1.29 is 0 Å². The lowest BCUT2D eigenvalue weighted by Gasteiger charge is -2.14. The Morgan fingerprint density at radius 3 is 2.83 bits per heavy atom. The predicted octanol–water partition coefficient (Wildman–Crippen LogP) is 3.40. The summed E-state index contributed by atoms with van der Waals surface area (Å²) in [5.41, 5.74) is 4.13. The van der Waals surface area contributed by atoms with E-state index in [9.17, 15) is 0 Å².